The van der Waals surface area contributed by atoms with Gasteiger partial charge in [0.05, 0.1) is 26.7 Å². The Hall–Kier alpha value is -3.40. The molecule has 2 aromatic rings. The standard InChI is InChI=1S/C17H15N3O6S/c1-24-11-6-12(25-2)8-5-10(16(23)26-3)18-13(8)7(11)4-9-14(21)19-17(27)20-15(9)22/h4-6H,1-3H3,(H3,19,20,21,22,27)/b7-4+. The second kappa shape index (κ2) is 7.08. The number of carbonyl (C=O) groups is 1. The number of H-pyrrole nitrogens is 2. The average Bonchev–Trinajstić information content (AvgIpc) is 3.08. The number of carbonyl (C=O) groups excluding carboxylic acids is 1. The quantitative estimate of drug-likeness (QED) is 0.501. The van der Waals surface area contributed by atoms with Crippen LogP contribution in [0.5, 0.6) is 17.4 Å². The lowest BCUT2D eigenvalue weighted by Gasteiger charge is -2.08. The van der Waals surface area contributed by atoms with Gasteiger partial charge in [0.25, 0.3) is 5.56 Å². The highest BCUT2D eigenvalue weighted by Gasteiger charge is 2.21. The van der Waals surface area contributed by atoms with E-state index in [2.05, 4.69) is 15.0 Å². The third-order valence-electron chi connectivity index (χ3n) is 3.90. The van der Waals surface area contributed by atoms with Gasteiger partial charge in [0.15, 0.2) is 4.77 Å². The number of ether oxygens (including phenoxy) is 3. The van der Waals surface area contributed by atoms with Crippen molar-refractivity contribution in [3.8, 4) is 17.4 Å². The molecule has 10 heteroatoms. The maximum atomic E-state index is 12.2. The topological polar surface area (TPSA) is 126 Å². The molecule has 0 saturated carbocycles. The lowest BCUT2D eigenvalue weighted by atomic mass is 10.1. The number of aromatic amines is 2. The number of aromatic hydroxyl groups is 1. The van der Waals surface area contributed by atoms with Crippen LogP contribution < -0.4 is 25.6 Å². The van der Waals surface area contributed by atoms with Crippen molar-refractivity contribution in [3.05, 3.63) is 48.6 Å². The first-order valence-corrected chi connectivity index (χ1v) is 8.01. The first kappa shape index (κ1) is 18.4. The number of nitrogens with zero attached hydrogens (tertiary/aromatic N) is 1. The van der Waals surface area contributed by atoms with Gasteiger partial charge >= 0.3 is 5.97 Å². The smallest absolute Gasteiger partial charge is 0.356 e. The van der Waals surface area contributed by atoms with E-state index in [0.29, 0.717) is 27.6 Å². The molecule has 1 aliphatic rings. The Morgan fingerprint density at radius 1 is 1.22 bits per heavy atom. The fraction of sp³-hybridized carbons (Fsp3) is 0.176. The number of rotatable bonds is 4. The van der Waals surface area contributed by atoms with Gasteiger partial charge in [0, 0.05) is 16.8 Å². The molecule has 2 heterocycles. The zero-order valence-electron chi connectivity index (χ0n) is 14.6. The van der Waals surface area contributed by atoms with Crippen molar-refractivity contribution in [2.24, 2.45) is 4.99 Å². The van der Waals surface area contributed by atoms with Crippen LogP contribution in [0.3, 0.4) is 0 Å². The second-order valence-electron chi connectivity index (χ2n) is 5.40. The van der Waals surface area contributed by atoms with Crippen LogP contribution in [0.1, 0.15) is 11.1 Å². The summed E-state index contributed by atoms with van der Waals surface area (Å²) in [6, 6.07) is 1.59. The molecule has 0 aliphatic carbocycles. The molecule has 1 aliphatic heterocycles. The summed E-state index contributed by atoms with van der Waals surface area (Å²) >= 11 is 4.83. The molecule has 9 nitrogen and oxygen atoms in total. The molecule has 0 fully saturated rings. The van der Waals surface area contributed by atoms with Crippen molar-refractivity contribution in [2.45, 2.75) is 0 Å². The molecule has 0 saturated heterocycles. The maximum Gasteiger partial charge on any atom is 0.356 e. The largest absolute Gasteiger partial charge is 0.496 e. The molecule has 0 amide bonds. The van der Waals surface area contributed by atoms with Crippen molar-refractivity contribution in [3.63, 3.8) is 0 Å². The van der Waals surface area contributed by atoms with E-state index in [-0.39, 0.29) is 16.0 Å². The minimum atomic E-state index is -0.623. The van der Waals surface area contributed by atoms with Gasteiger partial charge in [-0.05, 0) is 24.4 Å². The highest BCUT2D eigenvalue weighted by atomic mass is 32.1. The van der Waals surface area contributed by atoms with E-state index < -0.39 is 17.4 Å². The number of hydrogen-bond donors (Lipinski definition) is 3. The third kappa shape index (κ3) is 3.22. The van der Waals surface area contributed by atoms with Crippen molar-refractivity contribution < 1.29 is 24.1 Å². The minimum absolute atomic E-state index is 0.0130. The fourth-order valence-electron chi connectivity index (χ4n) is 2.65. The lowest BCUT2D eigenvalue weighted by molar-refractivity contribution is -0.136. The number of methoxy groups -OCH3 is 3. The predicted octanol–water partition coefficient (Wildman–Crippen LogP) is 0.131. The Labute approximate surface area is 157 Å². The molecule has 3 rings (SSSR count). The summed E-state index contributed by atoms with van der Waals surface area (Å²) in [7, 11) is 4.15. The van der Waals surface area contributed by atoms with Crippen LogP contribution in [0.25, 0.3) is 12.2 Å². The molecule has 0 atom stereocenters. The molecular formula is C17H15N3O6S. The van der Waals surface area contributed by atoms with Crippen LogP contribution in [-0.4, -0.2) is 42.4 Å². The Morgan fingerprint density at radius 3 is 2.52 bits per heavy atom. The average molecular weight is 389 g/mol. The molecular weight excluding hydrogens is 374 g/mol. The van der Waals surface area contributed by atoms with Gasteiger partial charge in [-0.25, -0.2) is 9.79 Å². The third-order valence-corrected chi connectivity index (χ3v) is 4.10. The van der Waals surface area contributed by atoms with Gasteiger partial charge in [0.1, 0.15) is 22.8 Å². The van der Waals surface area contributed by atoms with Gasteiger partial charge < -0.3 is 24.3 Å². The van der Waals surface area contributed by atoms with Crippen molar-refractivity contribution >= 4 is 30.3 Å². The van der Waals surface area contributed by atoms with E-state index >= 15 is 0 Å². The maximum absolute atomic E-state index is 12.2. The fourth-order valence-corrected chi connectivity index (χ4v) is 2.84. The summed E-state index contributed by atoms with van der Waals surface area (Å²) in [5.74, 6) is -0.278. The van der Waals surface area contributed by atoms with E-state index in [1.54, 1.807) is 6.07 Å². The van der Waals surface area contributed by atoms with Crippen molar-refractivity contribution in [1.82, 2.24) is 9.97 Å². The molecule has 27 heavy (non-hydrogen) atoms. The molecule has 3 N–H and O–H groups in total. The van der Waals surface area contributed by atoms with Gasteiger partial charge in [0.2, 0.25) is 5.88 Å². The van der Waals surface area contributed by atoms with Crippen LogP contribution in [0.15, 0.2) is 21.6 Å². The second-order valence-corrected chi connectivity index (χ2v) is 5.81. The van der Waals surface area contributed by atoms with Gasteiger partial charge in [-0.1, -0.05) is 0 Å². The van der Waals surface area contributed by atoms with Gasteiger partial charge in [-0.2, -0.15) is 0 Å². The van der Waals surface area contributed by atoms with E-state index in [1.807, 2.05) is 0 Å². The zero-order valence-corrected chi connectivity index (χ0v) is 15.4. The van der Waals surface area contributed by atoms with E-state index in [0.717, 1.165) is 0 Å². The Kier molecular flexibility index (Phi) is 4.82. The van der Waals surface area contributed by atoms with Crippen molar-refractivity contribution in [2.75, 3.05) is 21.3 Å². The Bertz CT molecular complexity index is 1210. The molecule has 1 aromatic carbocycles. The van der Waals surface area contributed by atoms with Crippen LogP contribution in [-0.2, 0) is 9.53 Å². The number of aromatic nitrogens is 2. The number of esters is 1. The van der Waals surface area contributed by atoms with Gasteiger partial charge in [-0.15, -0.1) is 0 Å². The first-order valence-electron chi connectivity index (χ1n) is 7.60. The van der Waals surface area contributed by atoms with E-state index in [4.69, 9.17) is 26.4 Å². The Balaban J connectivity index is 2.41. The minimum Gasteiger partial charge on any atom is -0.496 e. The molecule has 0 radical (unpaired) electrons. The van der Waals surface area contributed by atoms with E-state index in [9.17, 15) is 14.7 Å². The summed E-state index contributed by atoms with van der Waals surface area (Å²) < 4.78 is 15.4. The monoisotopic (exact) mass is 389 g/mol. The van der Waals surface area contributed by atoms with E-state index in [1.165, 1.54) is 33.5 Å². The number of hydrogen-bond acceptors (Lipinski definition) is 8. The summed E-state index contributed by atoms with van der Waals surface area (Å²) in [4.78, 5) is 33.2. The molecule has 0 spiro atoms. The predicted molar refractivity (Wildman–Crippen MR) is 97.8 cm³/mol. The summed E-state index contributed by atoms with van der Waals surface area (Å²) in [5.41, 5.74) is -0.0814. The normalized spacial score (nSPS) is 12.9. The molecule has 140 valence electrons. The summed E-state index contributed by atoms with van der Waals surface area (Å²) in [6.07, 6.45) is 2.90. The molecule has 1 aromatic heterocycles. The molecule has 0 bridgehead atoms. The summed E-state index contributed by atoms with van der Waals surface area (Å²) in [5, 5.41) is 10.8. The number of nitrogens with one attached hydrogen (secondary N) is 2. The lowest BCUT2D eigenvalue weighted by Crippen LogP contribution is -2.30. The number of fused-ring (bicyclic) bond motifs is 1. The van der Waals surface area contributed by atoms with Crippen LogP contribution in [0, 0.1) is 4.77 Å². The zero-order chi connectivity index (χ0) is 19.7. The molecule has 0 unspecified atom stereocenters. The van der Waals surface area contributed by atoms with Crippen LogP contribution in [0.2, 0.25) is 0 Å². The summed E-state index contributed by atoms with van der Waals surface area (Å²) in [6.45, 7) is 0. The highest BCUT2D eigenvalue weighted by molar-refractivity contribution is 7.71. The van der Waals surface area contributed by atoms with Crippen LogP contribution >= 0.6 is 12.2 Å². The Morgan fingerprint density at radius 2 is 1.93 bits per heavy atom. The van der Waals surface area contributed by atoms with Gasteiger partial charge in [-0.3, -0.25) is 9.78 Å². The van der Waals surface area contributed by atoms with Crippen molar-refractivity contribution in [1.29, 1.82) is 0 Å². The highest BCUT2D eigenvalue weighted by Crippen LogP contribution is 2.24. The first-order chi connectivity index (χ1) is 12.9. The number of benzene rings is 1. The SMILES string of the molecule is COC(=O)C1=Cc2c(OC)cc(OC)/c(=C\c3c(O)[nH]c(=S)[nH]c3=O)c2=N1. The van der Waals surface area contributed by atoms with Crippen LogP contribution in [0.4, 0.5) is 0 Å².